The summed E-state index contributed by atoms with van der Waals surface area (Å²) in [5, 5.41) is 8.66. The van der Waals surface area contributed by atoms with E-state index in [0.717, 1.165) is 17.7 Å². The van der Waals surface area contributed by atoms with Crippen molar-refractivity contribution in [3.8, 4) is 0 Å². The maximum Gasteiger partial charge on any atom is 0.307 e. The molecule has 0 aliphatic rings. The molecule has 0 radical (unpaired) electrons. The molecule has 1 rings (SSSR count). The summed E-state index contributed by atoms with van der Waals surface area (Å²) in [6.45, 7) is 6.68. The predicted molar refractivity (Wildman–Crippen MR) is 73.1 cm³/mol. The molecule has 0 unspecified atom stereocenters. The topological polar surface area (TPSA) is 55.8 Å². The molecule has 0 aliphatic heterocycles. The van der Waals surface area contributed by atoms with Crippen LogP contribution < -0.4 is 0 Å². The Balaban J connectivity index is 2.17. The van der Waals surface area contributed by atoms with Crippen molar-refractivity contribution in [2.45, 2.75) is 26.9 Å². The molecule has 0 fully saturated rings. The number of aliphatic carboxylic acids is 1. The van der Waals surface area contributed by atoms with Crippen LogP contribution in [0.5, 0.6) is 0 Å². The van der Waals surface area contributed by atoms with Crippen LogP contribution in [0.2, 0.25) is 0 Å². The number of rotatable bonds is 9. The molecule has 0 spiro atoms. The molecule has 0 bridgehead atoms. The second-order valence-electron chi connectivity index (χ2n) is 4.91. The van der Waals surface area contributed by atoms with Gasteiger partial charge in [0.15, 0.2) is 0 Å². The van der Waals surface area contributed by atoms with Gasteiger partial charge in [-0.3, -0.25) is 4.79 Å². The minimum absolute atomic E-state index is 0.0597. The normalized spacial score (nSPS) is 10.9. The van der Waals surface area contributed by atoms with E-state index in [1.54, 1.807) is 0 Å². The molecule has 4 heteroatoms. The van der Waals surface area contributed by atoms with Crippen molar-refractivity contribution in [1.29, 1.82) is 0 Å². The smallest absolute Gasteiger partial charge is 0.307 e. The highest BCUT2D eigenvalue weighted by Crippen LogP contribution is 2.06. The number of carboxylic acids is 1. The maximum absolute atomic E-state index is 10.5. The van der Waals surface area contributed by atoms with Gasteiger partial charge in [0, 0.05) is 6.61 Å². The standard InChI is InChI=1S/C15H22O4/c1-12(2)10-18-7-8-19-11-14-5-3-13(4-6-14)9-15(16)17/h3-6,12H,7-11H2,1-2H3,(H,16,17). The van der Waals surface area contributed by atoms with Crippen molar-refractivity contribution in [2.75, 3.05) is 19.8 Å². The fourth-order valence-electron chi connectivity index (χ4n) is 1.55. The molecule has 1 aromatic rings. The van der Waals surface area contributed by atoms with Gasteiger partial charge in [0.1, 0.15) is 0 Å². The highest BCUT2D eigenvalue weighted by molar-refractivity contribution is 5.70. The van der Waals surface area contributed by atoms with Crippen LogP contribution >= 0.6 is 0 Å². The van der Waals surface area contributed by atoms with Crippen molar-refractivity contribution in [2.24, 2.45) is 5.92 Å². The highest BCUT2D eigenvalue weighted by atomic mass is 16.5. The monoisotopic (exact) mass is 266 g/mol. The second-order valence-corrected chi connectivity index (χ2v) is 4.91. The third-order valence-corrected chi connectivity index (χ3v) is 2.47. The molecule has 0 amide bonds. The minimum atomic E-state index is -0.814. The molecule has 1 aromatic carbocycles. The number of hydrogen-bond acceptors (Lipinski definition) is 3. The highest BCUT2D eigenvalue weighted by Gasteiger charge is 2.00. The van der Waals surface area contributed by atoms with Gasteiger partial charge in [-0.25, -0.2) is 0 Å². The van der Waals surface area contributed by atoms with Gasteiger partial charge in [-0.05, 0) is 17.0 Å². The van der Waals surface area contributed by atoms with Crippen molar-refractivity contribution < 1.29 is 19.4 Å². The number of carboxylic acid groups (broad SMARTS) is 1. The van der Waals surface area contributed by atoms with E-state index in [1.165, 1.54) is 0 Å². The number of carbonyl (C=O) groups is 1. The van der Waals surface area contributed by atoms with Crippen LogP contribution in [0.1, 0.15) is 25.0 Å². The van der Waals surface area contributed by atoms with E-state index in [2.05, 4.69) is 13.8 Å². The van der Waals surface area contributed by atoms with Gasteiger partial charge < -0.3 is 14.6 Å². The lowest BCUT2D eigenvalue weighted by Crippen LogP contribution is -2.08. The first kappa shape index (κ1) is 15.7. The van der Waals surface area contributed by atoms with Gasteiger partial charge in [-0.1, -0.05) is 38.1 Å². The number of hydrogen-bond donors (Lipinski definition) is 1. The summed E-state index contributed by atoms with van der Waals surface area (Å²) in [4.78, 5) is 10.5. The summed E-state index contributed by atoms with van der Waals surface area (Å²) >= 11 is 0. The van der Waals surface area contributed by atoms with E-state index in [0.29, 0.717) is 25.7 Å². The zero-order chi connectivity index (χ0) is 14.1. The Hall–Kier alpha value is -1.39. The summed E-state index contributed by atoms with van der Waals surface area (Å²) in [5.74, 6) is -0.270. The molecular weight excluding hydrogens is 244 g/mol. The van der Waals surface area contributed by atoms with Crippen LogP contribution in [0.15, 0.2) is 24.3 Å². The Morgan fingerprint density at radius 3 is 2.26 bits per heavy atom. The van der Waals surface area contributed by atoms with E-state index in [9.17, 15) is 4.79 Å². The first-order chi connectivity index (χ1) is 9.08. The molecule has 0 aliphatic carbocycles. The Bertz CT molecular complexity index is 370. The van der Waals surface area contributed by atoms with Gasteiger partial charge in [0.2, 0.25) is 0 Å². The first-order valence-corrected chi connectivity index (χ1v) is 6.53. The van der Waals surface area contributed by atoms with Crippen LogP contribution in [0.25, 0.3) is 0 Å². The summed E-state index contributed by atoms with van der Waals surface area (Å²) in [5.41, 5.74) is 1.84. The van der Waals surface area contributed by atoms with E-state index < -0.39 is 5.97 Å². The SMILES string of the molecule is CC(C)COCCOCc1ccc(CC(=O)O)cc1. The number of benzene rings is 1. The lowest BCUT2D eigenvalue weighted by Gasteiger charge is -2.08. The largest absolute Gasteiger partial charge is 0.481 e. The third-order valence-electron chi connectivity index (χ3n) is 2.47. The molecule has 19 heavy (non-hydrogen) atoms. The van der Waals surface area contributed by atoms with Gasteiger partial charge in [0.25, 0.3) is 0 Å². The lowest BCUT2D eigenvalue weighted by atomic mass is 10.1. The molecule has 1 N–H and O–H groups in total. The molecule has 0 aromatic heterocycles. The van der Waals surface area contributed by atoms with Crippen LogP contribution in [0.4, 0.5) is 0 Å². The van der Waals surface area contributed by atoms with E-state index in [1.807, 2.05) is 24.3 Å². The quantitative estimate of drug-likeness (QED) is 0.698. The van der Waals surface area contributed by atoms with Crippen LogP contribution in [-0.2, 0) is 27.3 Å². The van der Waals surface area contributed by atoms with E-state index >= 15 is 0 Å². The van der Waals surface area contributed by atoms with Gasteiger partial charge in [-0.15, -0.1) is 0 Å². The van der Waals surface area contributed by atoms with Gasteiger partial charge in [0.05, 0.1) is 26.2 Å². The zero-order valence-electron chi connectivity index (χ0n) is 11.6. The summed E-state index contributed by atoms with van der Waals surface area (Å²) in [7, 11) is 0. The molecule has 4 nitrogen and oxygen atoms in total. The Morgan fingerprint density at radius 1 is 1.11 bits per heavy atom. The summed E-state index contributed by atoms with van der Waals surface area (Å²) in [6.07, 6.45) is 0.0597. The van der Waals surface area contributed by atoms with Crippen LogP contribution in [0, 0.1) is 5.92 Å². The van der Waals surface area contributed by atoms with E-state index in [-0.39, 0.29) is 6.42 Å². The van der Waals surface area contributed by atoms with Gasteiger partial charge in [-0.2, -0.15) is 0 Å². The number of ether oxygens (including phenoxy) is 2. The molecular formula is C15H22O4. The van der Waals surface area contributed by atoms with Crippen molar-refractivity contribution in [1.82, 2.24) is 0 Å². The molecule has 0 atom stereocenters. The van der Waals surface area contributed by atoms with Crippen LogP contribution in [-0.4, -0.2) is 30.9 Å². The third kappa shape index (κ3) is 7.59. The molecule has 0 saturated heterocycles. The Labute approximate surface area is 114 Å². The minimum Gasteiger partial charge on any atom is -0.481 e. The maximum atomic E-state index is 10.5. The molecule has 0 saturated carbocycles. The summed E-state index contributed by atoms with van der Waals surface area (Å²) < 4.78 is 10.9. The zero-order valence-corrected chi connectivity index (χ0v) is 11.6. The van der Waals surface area contributed by atoms with Crippen molar-refractivity contribution >= 4 is 5.97 Å². The average molecular weight is 266 g/mol. The van der Waals surface area contributed by atoms with Gasteiger partial charge >= 0.3 is 5.97 Å². The average Bonchev–Trinajstić information content (AvgIpc) is 2.34. The summed E-state index contributed by atoms with van der Waals surface area (Å²) in [6, 6.07) is 7.44. The fraction of sp³-hybridized carbons (Fsp3) is 0.533. The predicted octanol–water partition coefficient (Wildman–Crippen LogP) is 2.50. The fourth-order valence-corrected chi connectivity index (χ4v) is 1.55. The molecule has 0 heterocycles. The molecule has 106 valence electrons. The van der Waals surface area contributed by atoms with Crippen LogP contribution in [0.3, 0.4) is 0 Å². The first-order valence-electron chi connectivity index (χ1n) is 6.53. The second kappa shape index (κ2) is 8.67. The van der Waals surface area contributed by atoms with Crippen molar-refractivity contribution in [3.63, 3.8) is 0 Å². The van der Waals surface area contributed by atoms with Crippen molar-refractivity contribution in [3.05, 3.63) is 35.4 Å². The Kier molecular flexibility index (Phi) is 7.15. The Morgan fingerprint density at radius 2 is 1.68 bits per heavy atom. The van der Waals surface area contributed by atoms with E-state index in [4.69, 9.17) is 14.6 Å². The lowest BCUT2D eigenvalue weighted by molar-refractivity contribution is -0.136.